The Bertz CT molecular complexity index is 1430. The van der Waals surface area contributed by atoms with Crippen LogP contribution in [0.5, 0.6) is 0 Å². The number of esters is 1. The van der Waals surface area contributed by atoms with Crippen LogP contribution in [0.25, 0.3) is 11.0 Å². The van der Waals surface area contributed by atoms with E-state index >= 15 is 0 Å². The molecule has 7 nitrogen and oxygen atoms in total. The number of nitrogens with zero attached hydrogens (tertiary/aromatic N) is 1. The quantitative estimate of drug-likeness (QED) is 0.295. The fourth-order valence-electron chi connectivity index (χ4n) is 3.72. The Morgan fingerprint density at radius 1 is 1.06 bits per heavy atom. The number of carbonyl (C=O) groups excluding carboxylic acids is 2. The molecule has 0 aliphatic carbocycles. The summed E-state index contributed by atoms with van der Waals surface area (Å²) >= 11 is 0. The smallest absolute Gasteiger partial charge is 0.416 e. The second kappa shape index (κ2) is 10.1. The van der Waals surface area contributed by atoms with Gasteiger partial charge in [-0.05, 0) is 53.9 Å². The van der Waals surface area contributed by atoms with E-state index in [1.165, 1.54) is 19.2 Å². The van der Waals surface area contributed by atoms with Crippen molar-refractivity contribution in [3.05, 3.63) is 88.7 Å². The van der Waals surface area contributed by atoms with E-state index in [4.69, 9.17) is 4.74 Å². The Hall–Kier alpha value is -4.34. The van der Waals surface area contributed by atoms with E-state index in [9.17, 15) is 22.8 Å². The van der Waals surface area contributed by atoms with Gasteiger partial charge in [0.05, 0.1) is 31.0 Å². The van der Waals surface area contributed by atoms with Crippen LogP contribution in [-0.4, -0.2) is 29.0 Å². The number of hydrogen-bond donors (Lipinski definition) is 3. The van der Waals surface area contributed by atoms with Crippen LogP contribution in [0.1, 0.15) is 32.7 Å². The number of H-pyrrole nitrogens is 1. The van der Waals surface area contributed by atoms with Gasteiger partial charge in [-0.3, -0.25) is 4.79 Å². The summed E-state index contributed by atoms with van der Waals surface area (Å²) in [5, 5.41) is 6.77. The molecule has 2 heterocycles. The number of carbonyl (C=O) groups is 2. The third-order valence-electron chi connectivity index (χ3n) is 5.61. The number of halogens is 3. The maximum Gasteiger partial charge on any atom is 0.416 e. The molecule has 2 aromatic carbocycles. The molecule has 2 aromatic heterocycles. The molecular formula is C26H23F3N4O3. The Morgan fingerprint density at radius 3 is 2.61 bits per heavy atom. The Morgan fingerprint density at radius 2 is 1.86 bits per heavy atom. The second-order valence-electron chi connectivity index (χ2n) is 8.25. The summed E-state index contributed by atoms with van der Waals surface area (Å²) < 4.78 is 43.5. The van der Waals surface area contributed by atoms with Crippen LogP contribution in [0, 0.1) is 6.92 Å². The number of benzene rings is 2. The number of rotatable bonds is 7. The third-order valence-corrected chi connectivity index (χ3v) is 5.61. The Kier molecular flexibility index (Phi) is 6.96. The number of amides is 1. The Labute approximate surface area is 204 Å². The van der Waals surface area contributed by atoms with Crippen molar-refractivity contribution in [1.82, 2.24) is 9.97 Å². The van der Waals surface area contributed by atoms with Crippen LogP contribution in [0.4, 0.5) is 24.5 Å². The predicted octanol–water partition coefficient (Wildman–Crippen LogP) is 5.47. The van der Waals surface area contributed by atoms with Crippen molar-refractivity contribution in [3.8, 4) is 0 Å². The minimum absolute atomic E-state index is 0.179. The van der Waals surface area contributed by atoms with Gasteiger partial charge in [-0.15, -0.1) is 0 Å². The summed E-state index contributed by atoms with van der Waals surface area (Å²) in [6.45, 7) is 2.37. The molecule has 0 aliphatic heterocycles. The molecule has 0 saturated heterocycles. The lowest BCUT2D eigenvalue weighted by Gasteiger charge is -2.13. The highest BCUT2D eigenvalue weighted by atomic mass is 19.4. The summed E-state index contributed by atoms with van der Waals surface area (Å²) in [7, 11) is 1.30. The molecule has 0 atom stereocenters. The molecule has 1 amide bonds. The van der Waals surface area contributed by atoms with Gasteiger partial charge < -0.3 is 20.4 Å². The van der Waals surface area contributed by atoms with Crippen LogP contribution in [0.15, 0.2) is 60.8 Å². The van der Waals surface area contributed by atoms with Gasteiger partial charge in [-0.1, -0.05) is 24.3 Å². The van der Waals surface area contributed by atoms with E-state index in [0.29, 0.717) is 23.6 Å². The minimum atomic E-state index is -4.46. The largest absolute Gasteiger partial charge is 0.464 e. The van der Waals surface area contributed by atoms with Crippen molar-refractivity contribution in [2.75, 3.05) is 17.7 Å². The first-order valence-corrected chi connectivity index (χ1v) is 11.0. The highest BCUT2D eigenvalue weighted by Crippen LogP contribution is 2.29. The predicted molar refractivity (Wildman–Crippen MR) is 130 cm³/mol. The molecule has 0 bridgehead atoms. The maximum absolute atomic E-state index is 12.9. The number of aromatic nitrogens is 2. The molecule has 36 heavy (non-hydrogen) atoms. The van der Waals surface area contributed by atoms with E-state index < -0.39 is 23.6 Å². The first-order chi connectivity index (χ1) is 17.1. The molecule has 0 spiro atoms. The lowest BCUT2D eigenvalue weighted by atomic mass is 10.1. The van der Waals surface area contributed by atoms with Crippen molar-refractivity contribution in [3.63, 3.8) is 0 Å². The highest BCUT2D eigenvalue weighted by Gasteiger charge is 2.30. The van der Waals surface area contributed by atoms with Crippen molar-refractivity contribution < 1.29 is 27.5 Å². The molecule has 4 rings (SSSR count). The van der Waals surface area contributed by atoms with Gasteiger partial charge in [0.15, 0.2) is 0 Å². The zero-order valence-electron chi connectivity index (χ0n) is 19.5. The number of alkyl halides is 3. The lowest BCUT2D eigenvalue weighted by molar-refractivity contribution is -0.137. The Balaban J connectivity index is 1.41. The van der Waals surface area contributed by atoms with Crippen LogP contribution in [0.2, 0.25) is 0 Å². The molecule has 4 aromatic rings. The van der Waals surface area contributed by atoms with Crippen LogP contribution in [-0.2, 0) is 28.7 Å². The van der Waals surface area contributed by atoms with Crippen LogP contribution in [0.3, 0.4) is 0 Å². The van der Waals surface area contributed by atoms with Gasteiger partial charge in [0, 0.05) is 17.6 Å². The topological polar surface area (TPSA) is 96.1 Å². The first-order valence-electron chi connectivity index (χ1n) is 11.0. The van der Waals surface area contributed by atoms with Crippen LogP contribution >= 0.6 is 0 Å². The van der Waals surface area contributed by atoms with Crippen molar-refractivity contribution >= 4 is 34.3 Å². The van der Waals surface area contributed by atoms with Gasteiger partial charge in [-0.2, -0.15) is 13.2 Å². The number of hydrogen-bond acceptors (Lipinski definition) is 5. The summed E-state index contributed by atoms with van der Waals surface area (Å²) in [5.41, 5.74) is 3.53. The first kappa shape index (κ1) is 24.8. The van der Waals surface area contributed by atoms with Crippen LogP contribution < -0.4 is 10.6 Å². The fraction of sp³-hybridized carbons (Fsp3) is 0.192. The SMILES string of the molecule is COC(=O)c1cc2cc(NCc3cc(NC(=O)Cc4cccc(C(F)(F)F)c4)ccc3C)cnc2[nH]1. The maximum atomic E-state index is 12.9. The monoisotopic (exact) mass is 496 g/mol. The molecular weight excluding hydrogens is 473 g/mol. The standard InChI is InChI=1S/C26H23F3N4O3/c1-15-6-7-20(32-23(34)9-16-4-3-5-19(8-16)26(27,28)29)11-18(15)13-30-21-10-17-12-22(25(35)36-2)33-24(17)31-14-21/h3-8,10-12,14,30H,9,13H2,1-2H3,(H,31,33)(H,32,34). The van der Waals surface area contributed by atoms with E-state index in [0.717, 1.165) is 34.3 Å². The molecule has 0 radical (unpaired) electrons. The molecule has 186 valence electrons. The number of nitrogens with one attached hydrogen (secondary N) is 3. The third kappa shape index (κ3) is 5.83. The van der Waals surface area contributed by atoms with Gasteiger partial charge in [0.2, 0.25) is 5.91 Å². The molecule has 0 aliphatic rings. The number of aromatic amines is 1. The summed E-state index contributed by atoms with van der Waals surface area (Å²) in [6, 6.07) is 13.6. The van der Waals surface area contributed by atoms with Crippen molar-refractivity contribution in [1.29, 1.82) is 0 Å². The minimum Gasteiger partial charge on any atom is -0.464 e. The molecule has 0 saturated carbocycles. The second-order valence-corrected chi connectivity index (χ2v) is 8.25. The number of fused-ring (bicyclic) bond motifs is 1. The number of aryl methyl sites for hydroxylation is 1. The van der Waals surface area contributed by atoms with E-state index in [-0.39, 0.29) is 12.0 Å². The average molecular weight is 496 g/mol. The lowest BCUT2D eigenvalue weighted by Crippen LogP contribution is -2.15. The number of ether oxygens (including phenoxy) is 1. The van der Waals surface area contributed by atoms with Gasteiger partial charge >= 0.3 is 12.1 Å². The zero-order valence-corrected chi connectivity index (χ0v) is 19.5. The molecule has 0 fully saturated rings. The number of methoxy groups -OCH3 is 1. The summed E-state index contributed by atoms with van der Waals surface area (Å²) in [6.07, 6.45) is -3.01. The summed E-state index contributed by atoms with van der Waals surface area (Å²) in [4.78, 5) is 31.4. The van der Waals surface area contributed by atoms with Crippen molar-refractivity contribution in [2.24, 2.45) is 0 Å². The summed E-state index contributed by atoms with van der Waals surface area (Å²) in [5.74, 6) is -0.898. The van der Waals surface area contributed by atoms with Gasteiger partial charge in [0.1, 0.15) is 11.3 Å². The number of anilines is 2. The molecule has 0 unspecified atom stereocenters. The molecule has 3 N–H and O–H groups in total. The molecule has 10 heteroatoms. The van der Waals surface area contributed by atoms with Gasteiger partial charge in [0.25, 0.3) is 0 Å². The van der Waals surface area contributed by atoms with E-state index in [1.54, 1.807) is 18.3 Å². The normalized spacial score (nSPS) is 11.4. The zero-order chi connectivity index (χ0) is 25.9. The average Bonchev–Trinajstić information content (AvgIpc) is 3.27. The highest BCUT2D eigenvalue weighted by molar-refractivity contribution is 5.94. The van der Waals surface area contributed by atoms with Crippen molar-refractivity contribution in [2.45, 2.75) is 26.1 Å². The van der Waals surface area contributed by atoms with E-state index in [1.807, 2.05) is 25.1 Å². The van der Waals surface area contributed by atoms with E-state index in [2.05, 4.69) is 20.6 Å². The van der Waals surface area contributed by atoms with Gasteiger partial charge in [-0.25, -0.2) is 9.78 Å². The number of pyridine rings is 1. The fourth-order valence-corrected chi connectivity index (χ4v) is 3.72.